The first-order valence-corrected chi connectivity index (χ1v) is 7.46. The Bertz CT molecular complexity index is 500. The highest BCUT2D eigenvalue weighted by atomic mass is 79.9. The van der Waals surface area contributed by atoms with Crippen LogP contribution in [0.3, 0.4) is 0 Å². The van der Waals surface area contributed by atoms with E-state index in [1.165, 1.54) is 5.56 Å². The number of hydrogen-bond donors (Lipinski definition) is 1. The molecule has 0 saturated carbocycles. The van der Waals surface area contributed by atoms with Crippen LogP contribution in [0.15, 0.2) is 43.9 Å². The van der Waals surface area contributed by atoms with Crippen molar-refractivity contribution in [2.24, 2.45) is 0 Å². The molecule has 0 radical (unpaired) electrons. The van der Waals surface area contributed by atoms with Crippen molar-refractivity contribution in [2.45, 2.75) is 26.3 Å². The minimum atomic E-state index is 0.176. The van der Waals surface area contributed by atoms with Gasteiger partial charge in [-0.05, 0) is 75.0 Å². The van der Waals surface area contributed by atoms with Gasteiger partial charge in [0.2, 0.25) is 0 Å². The summed E-state index contributed by atoms with van der Waals surface area (Å²) in [5.74, 6) is 0.955. The zero-order valence-corrected chi connectivity index (χ0v) is 13.5. The van der Waals surface area contributed by atoms with E-state index < -0.39 is 0 Å². The Hall–Kier alpha value is -0.740. The van der Waals surface area contributed by atoms with Crippen LogP contribution in [0.4, 0.5) is 5.69 Å². The number of benzene rings is 1. The van der Waals surface area contributed by atoms with Crippen LogP contribution in [-0.2, 0) is 0 Å². The van der Waals surface area contributed by atoms with Crippen LogP contribution in [-0.4, -0.2) is 0 Å². The van der Waals surface area contributed by atoms with E-state index in [0.29, 0.717) is 0 Å². The van der Waals surface area contributed by atoms with E-state index in [-0.39, 0.29) is 6.04 Å². The molecule has 2 rings (SSSR count). The second kappa shape index (κ2) is 5.93. The van der Waals surface area contributed by atoms with E-state index in [0.717, 1.165) is 26.8 Å². The monoisotopic (exact) mass is 371 g/mol. The first-order chi connectivity index (χ1) is 8.61. The van der Waals surface area contributed by atoms with Crippen molar-refractivity contribution in [3.63, 3.8) is 0 Å². The summed E-state index contributed by atoms with van der Waals surface area (Å²) < 4.78 is 7.58. The van der Waals surface area contributed by atoms with Crippen molar-refractivity contribution in [1.29, 1.82) is 0 Å². The molecule has 1 heterocycles. The maximum absolute atomic E-state index is 5.47. The van der Waals surface area contributed by atoms with Crippen molar-refractivity contribution in [3.05, 3.63) is 50.8 Å². The molecule has 18 heavy (non-hydrogen) atoms. The van der Waals surface area contributed by atoms with Gasteiger partial charge in [-0.3, -0.25) is 0 Å². The highest BCUT2D eigenvalue weighted by Gasteiger charge is 2.15. The fourth-order valence-electron chi connectivity index (χ4n) is 1.88. The van der Waals surface area contributed by atoms with Gasteiger partial charge in [0.25, 0.3) is 0 Å². The molecule has 0 aliphatic carbocycles. The maximum Gasteiger partial charge on any atom is 0.125 e. The summed E-state index contributed by atoms with van der Waals surface area (Å²) in [6, 6.07) is 8.29. The average Bonchev–Trinajstić information content (AvgIpc) is 2.81. The number of anilines is 1. The largest absolute Gasteiger partial charge is 0.467 e. The second-order valence-corrected chi connectivity index (χ2v) is 5.93. The molecule has 1 aromatic carbocycles. The highest BCUT2D eigenvalue weighted by Crippen LogP contribution is 2.35. The van der Waals surface area contributed by atoms with Gasteiger partial charge in [0.1, 0.15) is 5.76 Å². The standard InChI is InChI=1S/C14H15Br2NO/c1-3-12(13-5-4-6-18-13)17-14-10(15)7-9(2)8-11(14)16/h4-8,12,17H,3H2,1-2H3. The van der Waals surface area contributed by atoms with E-state index in [1.54, 1.807) is 6.26 Å². The van der Waals surface area contributed by atoms with E-state index in [4.69, 9.17) is 4.42 Å². The van der Waals surface area contributed by atoms with Gasteiger partial charge in [-0.25, -0.2) is 0 Å². The van der Waals surface area contributed by atoms with Gasteiger partial charge in [0, 0.05) is 8.95 Å². The quantitative estimate of drug-likeness (QED) is 0.747. The van der Waals surface area contributed by atoms with Crippen LogP contribution in [0.2, 0.25) is 0 Å². The van der Waals surface area contributed by atoms with Gasteiger partial charge < -0.3 is 9.73 Å². The van der Waals surface area contributed by atoms with Crippen molar-refractivity contribution >= 4 is 37.5 Å². The van der Waals surface area contributed by atoms with Gasteiger partial charge in [-0.2, -0.15) is 0 Å². The molecule has 1 unspecified atom stereocenters. The molecule has 1 atom stereocenters. The third-order valence-electron chi connectivity index (χ3n) is 2.80. The normalized spacial score (nSPS) is 12.4. The number of nitrogens with one attached hydrogen (secondary N) is 1. The molecule has 0 saturated heterocycles. The Labute approximate surface area is 124 Å². The van der Waals surface area contributed by atoms with E-state index in [1.807, 2.05) is 12.1 Å². The summed E-state index contributed by atoms with van der Waals surface area (Å²) in [5.41, 5.74) is 2.27. The molecule has 96 valence electrons. The number of hydrogen-bond acceptors (Lipinski definition) is 2. The summed E-state index contributed by atoms with van der Waals surface area (Å²) in [6.07, 6.45) is 2.67. The predicted octanol–water partition coefficient (Wildman–Crippen LogP) is 5.68. The molecule has 0 fully saturated rings. The number of aryl methyl sites for hydroxylation is 1. The third-order valence-corrected chi connectivity index (χ3v) is 4.05. The maximum atomic E-state index is 5.47. The fraction of sp³-hybridized carbons (Fsp3) is 0.286. The van der Waals surface area contributed by atoms with Crippen LogP contribution in [0.1, 0.15) is 30.7 Å². The van der Waals surface area contributed by atoms with Gasteiger partial charge in [-0.1, -0.05) is 6.92 Å². The molecule has 0 bridgehead atoms. The van der Waals surface area contributed by atoms with Crippen LogP contribution >= 0.6 is 31.9 Å². The first kappa shape index (κ1) is 13.7. The number of halogens is 2. The predicted molar refractivity (Wildman–Crippen MR) is 81.9 cm³/mol. The summed E-state index contributed by atoms with van der Waals surface area (Å²) >= 11 is 7.19. The smallest absolute Gasteiger partial charge is 0.125 e. The lowest BCUT2D eigenvalue weighted by molar-refractivity contribution is 0.474. The van der Waals surface area contributed by atoms with Gasteiger partial charge in [-0.15, -0.1) is 0 Å². The lowest BCUT2D eigenvalue weighted by Crippen LogP contribution is -2.09. The minimum absolute atomic E-state index is 0.176. The zero-order valence-electron chi connectivity index (χ0n) is 10.3. The average molecular weight is 373 g/mol. The van der Waals surface area contributed by atoms with Crippen molar-refractivity contribution in [3.8, 4) is 0 Å². The van der Waals surface area contributed by atoms with E-state index in [9.17, 15) is 0 Å². The van der Waals surface area contributed by atoms with Gasteiger partial charge in [0.15, 0.2) is 0 Å². The molecule has 0 aliphatic rings. The molecule has 0 spiro atoms. The highest BCUT2D eigenvalue weighted by molar-refractivity contribution is 9.11. The van der Waals surface area contributed by atoms with Crippen LogP contribution < -0.4 is 5.32 Å². The zero-order chi connectivity index (χ0) is 13.1. The van der Waals surface area contributed by atoms with Crippen LogP contribution in [0.25, 0.3) is 0 Å². The molecule has 2 aromatic rings. The van der Waals surface area contributed by atoms with E-state index in [2.05, 4.69) is 63.2 Å². The third kappa shape index (κ3) is 2.98. The fourth-order valence-corrected chi connectivity index (χ4v) is 3.52. The van der Waals surface area contributed by atoms with Crippen molar-refractivity contribution < 1.29 is 4.42 Å². The van der Waals surface area contributed by atoms with Crippen LogP contribution in [0, 0.1) is 6.92 Å². The van der Waals surface area contributed by atoms with Crippen molar-refractivity contribution in [2.75, 3.05) is 5.32 Å². The molecule has 4 heteroatoms. The Balaban J connectivity index is 2.28. The SMILES string of the molecule is CCC(Nc1c(Br)cc(C)cc1Br)c1ccco1. The van der Waals surface area contributed by atoms with E-state index >= 15 is 0 Å². The molecular weight excluding hydrogens is 358 g/mol. The Kier molecular flexibility index (Phi) is 4.51. The first-order valence-electron chi connectivity index (χ1n) is 5.87. The molecular formula is C14H15Br2NO. The molecule has 2 nitrogen and oxygen atoms in total. The molecule has 0 amide bonds. The Morgan fingerprint density at radius 2 is 1.94 bits per heavy atom. The van der Waals surface area contributed by atoms with Gasteiger partial charge in [0.05, 0.1) is 18.0 Å². The van der Waals surface area contributed by atoms with Crippen molar-refractivity contribution in [1.82, 2.24) is 0 Å². The summed E-state index contributed by atoms with van der Waals surface area (Å²) in [7, 11) is 0. The Morgan fingerprint density at radius 3 is 2.44 bits per heavy atom. The summed E-state index contributed by atoms with van der Waals surface area (Å²) in [4.78, 5) is 0. The van der Waals surface area contributed by atoms with Gasteiger partial charge >= 0.3 is 0 Å². The Morgan fingerprint density at radius 1 is 1.28 bits per heavy atom. The topological polar surface area (TPSA) is 25.2 Å². The minimum Gasteiger partial charge on any atom is -0.467 e. The lowest BCUT2D eigenvalue weighted by Gasteiger charge is -2.19. The molecule has 1 aromatic heterocycles. The number of furan rings is 1. The molecule has 1 N–H and O–H groups in total. The summed E-state index contributed by atoms with van der Waals surface area (Å²) in [5, 5.41) is 3.51. The summed E-state index contributed by atoms with van der Waals surface area (Å²) in [6.45, 7) is 4.21. The number of rotatable bonds is 4. The van der Waals surface area contributed by atoms with Crippen LogP contribution in [0.5, 0.6) is 0 Å². The second-order valence-electron chi connectivity index (χ2n) is 4.22. The molecule has 0 aliphatic heterocycles. The lowest BCUT2D eigenvalue weighted by atomic mass is 10.1.